The van der Waals surface area contributed by atoms with Crippen molar-refractivity contribution in [1.29, 1.82) is 0 Å². The Morgan fingerprint density at radius 2 is 2.05 bits per heavy atom. The maximum Gasteiger partial charge on any atom is 0.187 e. The van der Waals surface area contributed by atoms with E-state index in [9.17, 15) is 8.78 Å². The molecule has 0 aliphatic heterocycles. The van der Waals surface area contributed by atoms with Crippen LogP contribution >= 0.6 is 0 Å². The minimum atomic E-state index is -0.575. The van der Waals surface area contributed by atoms with Crippen molar-refractivity contribution in [2.24, 2.45) is 0 Å². The Hall–Kier alpha value is -2.64. The summed E-state index contributed by atoms with van der Waals surface area (Å²) in [5.74, 6) is -1.00. The van der Waals surface area contributed by atoms with Crippen molar-refractivity contribution in [3.8, 4) is 11.5 Å². The molecule has 0 radical (unpaired) electrons. The van der Waals surface area contributed by atoms with Gasteiger partial charge in [-0.3, -0.25) is 5.10 Å². The Morgan fingerprint density at radius 1 is 1.24 bits per heavy atom. The third-order valence-corrected chi connectivity index (χ3v) is 3.47. The molecule has 0 amide bonds. The van der Waals surface area contributed by atoms with E-state index in [1.807, 2.05) is 0 Å². The Balaban J connectivity index is 1.94. The van der Waals surface area contributed by atoms with E-state index in [0.29, 0.717) is 22.4 Å². The summed E-state index contributed by atoms with van der Waals surface area (Å²) in [6.07, 6.45) is 2.84. The van der Waals surface area contributed by atoms with Crippen LogP contribution in [0, 0.1) is 11.6 Å². The van der Waals surface area contributed by atoms with E-state index in [0.717, 1.165) is 19.0 Å². The van der Waals surface area contributed by atoms with Crippen LogP contribution in [-0.4, -0.2) is 25.1 Å². The zero-order chi connectivity index (χ0) is 14.6. The van der Waals surface area contributed by atoms with Gasteiger partial charge < -0.3 is 5.73 Å². The molecule has 0 bridgehead atoms. The molecule has 3 aromatic rings. The molecular formula is C13H10F2N6. The van der Waals surface area contributed by atoms with Gasteiger partial charge in [0.15, 0.2) is 23.1 Å². The van der Waals surface area contributed by atoms with Gasteiger partial charge >= 0.3 is 0 Å². The molecule has 0 spiro atoms. The molecule has 1 fully saturated rings. The quantitative estimate of drug-likeness (QED) is 0.753. The topological polar surface area (TPSA) is 93.4 Å². The van der Waals surface area contributed by atoms with E-state index in [1.54, 1.807) is 0 Å². The summed E-state index contributed by atoms with van der Waals surface area (Å²) in [4.78, 5) is 12.0. The average Bonchev–Trinajstić information content (AvgIpc) is 3.22. The lowest BCUT2D eigenvalue weighted by molar-refractivity contribution is 0.598. The number of hydrogen-bond donors (Lipinski definition) is 2. The third kappa shape index (κ3) is 1.91. The molecule has 21 heavy (non-hydrogen) atoms. The highest BCUT2D eigenvalue weighted by molar-refractivity contribution is 5.88. The van der Waals surface area contributed by atoms with E-state index in [2.05, 4.69) is 25.1 Å². The Morgan fingerprint density at radius 3 is 2.81 bits per heavy atom. The van der Waals surface area contributed by atoms with Gasteiger partial charge in [-0.1, -0.05) is 0 Å². The molecule has 6 nitrogen and oxygen atoms in total. The van der Waals surface area contributed by atoms with Gasteiger partial charge in [-0.05, 0) is 18.9 Å². The number of hydrogen-bond acceptors (Lipinski definition) is 5. The fourth-order valence-corrected chi connectivity index (χ4v) is 2.27. The second-order valence-electron chi connectivity index (χ2n) is 5.03. The van der Waals surface area contributed by atoms with Crippen molar-refractivity contribution >= 4 is 16.9 Å². The first-order valence-electron chi connectivity index (χ1n) is 6.46. The molecule has 0 atom stereocenters. The van der Waals surface area contributed by atoms with Gasteiger partial charge in [0, 0.05) is 5.92 Å². The van der Waals surface area contributed by atoms with Crippen LogP contribution in [0.15, 0.2) is 12.3 Å². The summed E-state index contributed by atoms with van der Waals surface area (Å²) in [6, 6.07) is 1.28. The molecule has 3 aromatic heterocycles. The zero-order valence-electron chi connectivity index (χ0n) is 10.8. The molecule has 106 valence electrons. The van der Waals surface area contributed by atoms with Crippen LogP contribution in [0.4, 0.5) is 14.6 Å². The van der Waals surface area contributed by atoms with Crippen LogP contribution in [0.25, 0.3) is 22.6 Å². The van der Waals surface area contributed by atoms with Crippen LogP contribution in [0.3, 0.4) is 0 Å². The van der Waals surface area contributed by atoms with Gasteiger partial charge in [0.2, 0.25) is 0 Å². The fraction of sp³-hybridized carbons (Fsp3) is 0.231. The highest BCUT2D eigenvalue weighted by Gasteiger charge is 2.30. The number of anilines is 1. The molecule has 0 saturated heterocycles. The van der Waals surface area contributed by atoms with Crippen molar-refractivity contribution in [1.82, 2.24) is 25.1 Å². The standard InChI is InChI=1S/C13H10F2N6/c14-6-3-7-10(20-21-12(7)17-4-6)13-18-9(5-1-2-5)8(15)11(16)19-13/h3-5H,1-2H2,(H2,16,18,19)(H,17,20,21). The van der Waals surface area contributed by atoms with Crippen molar-refractivity contribution in [2.75, 3.05) is 5.73 Å². The van der Waals surface area contributed by atoms with E-state index < -0.39 is 11.6 Å². The predicted octanol–water partition coefficient (Wildman–Crippen LogP) is 2.15. The molecular weight excluding hydrogens is 278 g/mol. The number of pyridine rings is 1. The lowest BCUT2D eigenvalue weighted by Crippen LogP contribution is -2.05. The van der Waals surface area contributed by atoms with E-state index in [4.69, 9.17) is 5.73 Å². The minimum Gasteiger partial charge on any atom is -0.381 e. The summed E-state index contributed by atoms with van der Waals surface area (Å²) >= 11 is 0. The zero-order valence-corrected chi connectivity index (χ0v) is 10.8. The number of nitrogens with two attached hydrogens (primary N) is 1. The Kier molecular flexibility index (Phi) is 2.41. The molecule has 0 unspecified atom stereocenters. The van der Waals surface area contributed by atoms with Crippen LogP contribution in [0.1, 0.15) is 24.5 Å². The van der Waals surface area contributed by atoms with E-state index in [1.165, 1.54) is 6.07 Å². The number of nitrogens with zero attached hydrogens (tertiary/aromatic N) is 4. The Bertz CT molecular complexity index is 855. The van der Waals surface area contributed by atoms with Crippen molar-refractivity contribution in [3.05, 3.63) is 29.6 Å². The number of aromatic amines is 1. The van der Waals surface area contributed by atoms with Gasteiger partial charge in [-0.2, -0.15) is 5.10 Å². The van der Waals surface area contributed by atoms with Crippen LogP contribution in [0.5, 0.6) is 0 Å². The van der Waals surface area contributed by atoms with Gasteiger partial charge in [0.05, 0.1) is 17.3 Å². The van der Waals surface area contributed by atoms with Crippen molar-refractivity contribution in [2.45, 2.75) is 18.8 Å². The average molecular weight is 288 g/mol. The van der Waals surface area contributed by atoms with Crippen LogP contribution < -0.4 is 5.73 Å². The lowest BCUT2D eigenvalue weighted by atomic mass is 10.2. The largest absolute Gasteiger partial charge is 0.381 e. The number of halogens is 2. The number of nitrogen functional groups attached to an aromatic ring is 1. The predicted molar refractivity (Wildman–Crippen MR) is 71.2 cm³/mol. The van der Waals surface area contributed by atoms with Crippen molar-refractivity contribution < 1.29 is 8.78 Å². The first-order valence-corrected chi connectivity index (χ1v) is 6.46. The maximum absolute atomic E-state index is 13.9. The Labute approximate surface area is 117 Å². The van der Waals surface area contributed by atoms with E-state index >= 15 is 0 Å². The first kappa shape index (κ1) is 12.1. The first-order chi connectivity index (χ1) is 10.1. The summed E-state index contributed by atoms with van der Waals surface area (Å²) in [7, 11) is 0. The molecule has 1 saturated carbocycles. The van der Waals surface area contributed by atoms with Crippen LogP contribution in [0.2, 0.25) is 0 Å². The molecule has 3 N–H and O–H groups in total. The molecule has 1 aliphatic carbocycles. The number of nitrogens with one attached hydrogen (secondary N) is 1. The summed E-state index contributed by atoms with van der Waals surface area (Å²) < 4.78 is 27.3. The molecule has 0 aromatic carbocycles. The molecule has 3 heterocycles. The second kappa shape index (κ2) is 4.18. The second-order valence-corrected chi connectivity index (χ2v) is 5.03. The maximum atomic E-state index is 13.9. The molecule has 4 rings (SSSR count). The monoisotopic (exact) mass is 288 g/mol. The number of fused-ring (bicyclic) bond motifs is 1. The summed E-state index contributed by atoms with van der Waals surface area (Å²) in [5.41, 5.74) is 6.65. The van der Waals surface area contributed by atoms with Gasteiger partial charge in [-0.15, -0.1) is 0 Å². The number of H-pyrrole nitrogens is 1. The minimum absolute atomic E-state index is 0.0816. The molecule has 1 aliphatic rings. The normalized spacial score (nSPS) is 14.8. The summed E-state index contributed by atoms with van der Waals surface area (Å²) in [5, 5.41) is 7.10. The van der Waals surface area contributed by atoms with Crippen LogP contribution in [-0.2, 0) is 0 Å². The van der Waals surface area contributed by atoms with Crippen molar-refractivity contribution in [3.63, 3.8) is 0 Å². The SMILES string of the molecule is Nc1nc(-c2[nH]nc3ncc(F)cc23)nc(C2CC2)c1F. The fourth-order valence-electron chi connectivity index (χ4n) is 2.27. The lowest BCUT2D eigenvalue weighted by Gasteiger charge is -2.06. The number of rotatable bonds is 2. The van der Waals surface area contributed by atoms with E-state index in [-0.39, 0.29) is 17.6 Å². The number of aromatic nitrogens is 5. The highest BCUT2D eigenvalue weighted by atomic mass is 19.1. The van der Waals surface area contributed by atoms with Gasteiger partial charge in [0.25, 0.3) is 0 Å². The smallest absolute Gasteiger partial charge is 0.187 e. The van der Waals surface area contributed by atoms with Gasteiger partial charge in [-0.25, -0.2) is 23.7 Å². The molecule has 8 heteroatoms. The third-order valence-electron chi connectivity index (χ3n) is 3.47. The summed E-state index contributed by atoms with van der Waals surface area (Å²) in [6.45, 7) is 0. The van der Waals surface area contributed by atoms with Gasteiger partial charge in [0.1, 0.15) is 11.5 Å². The highest BCUT2D eigenvalue weighted by Crippen LogP contribution is 2.41.